The highest BCUT2D eigenvalue weighted by Crippen LogP contribution is 2.29. The maximum atomic E-state index is 13.1. The lowest BCUT2D eigenvalue weighted by molar-refractivity contribution is -0.132. The van der Waals surface area contributed by atoms with Gasteiger partial charge >= 0.3 is 6.09 Å². The van der Waals surface area contributed by atoms with Crippen molar-refractivity contribution in [3.63, 3.8) is 0 Å². The zero-order chi connectivity index (χ0) is 27.4. The second kappa shape index (κ2) is 14.6. The van der Waals surface area contributed by atoms with Crippen LogP contribution < -0.4 is 10.1 Å². The van der Waals surface area contributed by atoms with E-state index in [9.17, 15) is 9.59 Å². The second-order valence-electron chi connectivity index (χ2n) is 11.1. The Morgan fingerprint density at radius 1 is 1.05 bits per heavy atom. The lowest BCUT2D eigenvalue weighted by atomic mass is 10.0. The number of ether oxygens (including phenoxy) is 2. The van der Waals surface area contributed by atoms with Crippen LogP contribution in [0.2, 0.25) is 0 Å². The molecule has 0 spiro atoms. The number of hydrogen-bond acceptors (Lipinski definition) is 4. The summed E-state index contributed by atoms with van der Waals surface area (Å²) in [6.07, 6.45) is 7.62. The smallest absolute Gasteiger partial charge is 0.407 e. The molecule has 0 bridgehead atoms. The summed E-state index contributed by atoms with van der Waals surface area (Å²) in [5.41, 5.74) is 2.01. The number of alkyl carbamates (subject to hydrolysis) is 1. The van der Waals surface area contributed by atoms with E-state index in [2.05, 4.69) is 48.3 Å². The van der Waals surface area contributed by atoms with Gasteiger partial charge in [0.15, 0.2) is 0 Å². The minimum Gasteiger partial charge on any atom is -0.491 e. The Labute approximate surface area is 228 Å². The quantitative estimate of drug-likeness (QED) is 0.233. The molecular formula is C32H44N2O4. The molecule has 2 aromatic carbocycles. The van der Waals surface area contributed by atoms with Crippen molar-refractivity contribution >= 4 is 12.0 Å². The van der Waals surface area contributed by atoms with E-state index in [-0.39, 0.29) is 24.0 Å². The molecule has 0 aliphatic carbocycles. The number of allylic oxidation sites excluding steroid dienone is 1. The number of nitrogens with zero attached hydrogens (tertiary/aromatic N) is 1. The Hall–Kier alpha value is -3.28. The summed E-state index contributed by atoms with van der Waals surface area (Å²) < 4.78 is 11.5. The average molecular weight is 521 g/mol. The molecule has 1 aliphatic rings. The first-order valence-electron chi connectivity index (χ1n) is 13.9. The van der Waals surface area contributed by atoms with Crippen molar-refractivity contribution in [3.05, 3.63) is 78.4 Å². The molecular weight excluding hydrogens is 476 g/mol. The van der Waals surface area contributed by atoms with Gasteiger partial charge in [0.2, 0.25) is 5.91 Å². The van der Waals surface area contributed by atoms with Crippen molar-refractivity contribution < 1.29 is 19.1 Å². The Morgan fingerprint density at radius 3 is 2.53 bits per heavy atom. The molecule has 2 amide bonds. The van der Waals surface area contributed by atoms with E-state index in [1.54, 1.807) is 0 Å². The summed E-state index contributed by atoms with van der Waals surface area (Å²) in [6, 6.07) is 18.7. The molecule has 206 valence electrons. The van der Waals surface area contributed by atoms with Gasteiger partial charge in [-0.3, -0.25) is 4.79 Å². The normalized spacial score (nSPS) is 17.3. The van der Waals surface area contributed by atoms with Crippen molar-refractivity contribution in [2.75, 3.05) is 19.7 Å². The number of aryl methyl sites for hydroxylation is 2. The van der Waals surface area contributed by atoms with Gasteiger partial charge in [0.25, 0.3) is 0 Å². The number of hydrogen-bond donors (Lipinski definition) is 1. The Morgan fingerprint density at radius 2 is 1.79 bits per heavy atom. The summed E-state index contributed by atoms with van der Waals surface area (Å²) in [7, 11) is 0. The van der Waals surface area contributed by atoms with Crippen LogP contribution in [0.3, 0.4) is 0 Å². The third-order valence-electron chi connectivity index (χ3n) is 6.69. The van der Waals surface area contributed by atoms with Gasteiger partial charge in [-0.25, -0.2) is 4.79 Å². The van der Waals surface area contributed by atoms with Crippen LogP contribution in [0, 0.1) is 5.92 Å². The molecule has 1 heterocycles. The predicted molar refractivity (Wildman–Crippen MR) is 152 cm³/mol. The lowest BCUT2D eigenvalue weighted by Gasteiger charge is -2.25. The van der Waals surface area contributed by atoms with Gasteiger partial charge in [0, 0.05) is 19.0 Å². The van der Waals surface area contributed by atoms with Gasteiger partial charge in [-0.15, -0.1) is 6.58 Å². The zero-order valence-electron chi connectivity index (χ0n) is 23.3. The Kier molecular flexibility index (Phi) is 11.3. The Bertz CT molecular complexity index is 1030. The van der Waals surface area contributed by atoms with Gasteiger partial charge in [-0.2, -0.15) is 0 Å². The van der Waals surface area contributed by atoms with Crippen molar-refractivity contribution in [1.29, 1.82) is 0 Å². The van der Waals surface area contributed by atoms with E-state index in [1.807, 2.05) is 49.9 Å². The van der Waals surface area contributed by atoms with Crippen molar-refractivity contribution in [2.45, 2.75) is 77.4 Å². The van der Waals surface area contributed by atoms with Gasteiger partial charge in [0.05, 0.1) is 6.04 Å². The largest absolute Gasteiger partial charge is 0.491 e. The maximum absolute atomic E-state index is 13.1. The van der Waals surface area contributed by atoms with Crippen LogP contribution in [0.15, 0.2) is 67.3 Å². The molecule has 1 saturated heterocycles. The Balaban J connectivity index is 1.46. The number of unbranched alkanes of at least 4 members (excludes halogenated alkanes) is 1. The van der Waals surface area contributed by atoms with Gasteiger partial charge < -0.3 is 19.7 Å². The molecule has 1 N–H and O–H groups in total. The summed E-state index contributed by atoms with van der Waals surface area (Å²) >= 11 is 0. The molecule has 0 aromatic heterocycles. The van der Waals surface area contributed by atoms with E-state index in [0.717, 1.165) is 50.8 Å². The molecule has 38 heavy (non-hydrogen) atoms. The summed E-state index contributed by atoms with van der Waals surface area (Å²) in [6.45, 7) is 11.2. The fourth-order valence-electron chi connectivity index (χ4n) is 4.86. The maximum Gasteiger partial charge on any atom is 0.407 e. The fourth-order valence-corrected chi connectivity index (χ4v) is 4.86. The minimum atomic E-state index is -0.484. The minimum absolute atomic E-state index is 0.00144. The van der Waals surface area contributed by atoms with E-state index in [4.69, 9.17) is 9.47 Å². The van der Waals surface area contributed by atoms with E-state index >= 15 is 0 Å². The van der Waals surface area contributed by atoms with Crippen molar-refractivity contribution in [1.82, 2.24) is 10.2 Å². The van der Waals surface area contributed by atoms with Crippen LogP contribution in [-0.4, -0.2) is 48.2 Å². The molecule has 0 unspecified atom stereocenters. The number of carbonyl (C=O) groups excluding carboxylic acids is 2. The second-order valence-corrected chi connectivity index (χ2v) is 11.1. The van der Waals surface area contributed by atoms with Crippen LogP contribution in [0.1, 0.15) is 64.0 Å². The summed E-state index contributed by atoms with van der Waals surface area (Å²) in [5.74, 6) is 1.05. The highest BCUT2D eigenvalue weighted by atomic mass is 16.6. The number of amides is 2. The SMILES string of the molecule is C=CC[C@@H]1C[C@@H](COc2cccc(CCCCNC(=O)OC(C)(C)C)c2)N(CCCc2ccccc2)C1=O. The van der Waals surface area contributed by atoms with Crippen LogP contribution in [0.25, 0.3) is 0 Å². The average Bonchev–Trinajstić information content (AvgIpc) is 3.17. The number of nitrogens with one attached hydrogen (secondary N) is 1. The molecule has 0 radical (unpaired) electrons. The first-order valence-corrected chi connectivity index (χ1v) is 13.9. The van der Waals surface area contributed by atoms with E-state index in [1.165, 1.54) is 11.1 Å². The molecule has 1 aliphatic heterocycles. The first-order chi connectivity index (χ1) is 18.2. The lowest BCUT2D eigenvalue weighted by Crippen LogP contribution is -2.38. The predicted octanol–water partition coefficient (Wildman–Crippen LogP) is 6.34. The molecule has 3 rings (SSSR count). The molecule has 0 saturated carbocycles. The third-order valence-corrected chi connectivity index (χ3v) is 6.69. The highest BCUT2D eigenvalue weighted by molar-refractivity contribution is 5.81. The van der Waals surface area contributed by atoms with Gasteiger partial charge in [-0.1, -0.05) is 48.5 Å². The van der Waals surface area contributed by atoms with Gasteiger partial charge in [0.1, 0.15) is 18.0 Å². The van der Waals surface area contributed by atoms with Crippen LogP contribution in [-0.2, 0) is 22.4 Å². The standard InChI is InChI=1S/C32H44N2O4/c1-5-13-27-23-28(34(30(27)35)21-12-18-25-14-7-6-8-15-25)24-37-29-19-11-17-26(22-29)16-9-10-20-33-31(36)38-32(2,3)4/h5-8,11,14-15,17,19,22,27-28H,1,9-10,12-13,16,18,20-21,23-24H2,2-4H3,(H,33,36)/t27-,28+/m1/s1. The number of likely N-dealkylation sites (tertiary alicyclic amines) is 1. The van der Waals surface area contributed by atoms with Crippen molar-refractivity contribution in [3.8, 4) is 5.75 Å². The highest BCUT2D eigenvalue weighted by Gasteiger charge is 2.38. The monoisotopic (exact) mass is 520 g/mol. The number of rotatable bonds is 14. The first kappa shape index (κ1) is 29.3. The number of carbonyl (C=O) groups is 2. The van der Waals surface area contributed by atoms with Crippen LogP contribution >= 0.6 is 0 Å². The van der Waals surface area contributed by atoms with Gasteiger partial charge in [-0.05, 0) is 89.0 Å². The molecule has 6 heteroatoms. The topological polar surface area (TPSA) is 67.9 Å². The summed E-state index contributed by atoms with van der Waals surface area (Å²) in [5, 5.41) is 2.81. The zero-order valence-corrected chi connectivity index (χ0v) is 23.3. The fraction of sp³-hybridized carbons (Fsp3) is 0.500. The summed E-state index contributed by atoms with van der Waals surface area (Å²) in [4.78, 5) is 26.9. The van der Waals surface area contributed by atoms with E-state index < -0.39 is 5.60 Å². The van der Waals surface area contributed by atoms with Crippen molar-refractivity contribution in [2.24, 2.45) is 5.92 Å². The molecule has 1 fully saturated rings. The van der Waals surface area contributed by atoms with Crippen LogP contribution in [0.5, 0.6) is 5.75 Å². The van der Waals surface area contributed by atoms with Crippen LogP contribution in [0.4, 0.5) is 4.79 Å². The van der Waals surface area contributed by atoms with E-state index in [0.29, 0.717) is 19.6 Å². The molecule has 2 atom stereocenters. The molecule has 6 nitrogen and oxygen atoms in total. The molecule has 2 aromatic rings. The number of benzene rings is 2. The third kappa shape index (κ3) is 9.88.